The molecule has 9 aliphatic heterocycles. The summed E-state index contributed by atoms with van der Waals surface area (Å²) >= 11 is 2.47. The summed E-state index contributed by atoms with van der Waals surface area (Å²) in [6, 6.07) is 0. The summed E-state index contributed by atoms with van der Waals surface area (Å²) in [6.07, 6.45) is 17.1. The van der Waals surface area contributed by atoms with E-state index in [4.69, 9.17) is 39.2 Å². The number of carbonyl (C=O) groups excluding carboxylic acids is 2. The fraction of sp³-hybridized carbons (Fsp3) is 0.896. The van der Waals surface area contributed by atoms with Crippen LogP contribution in [0.15, 0.2) is 12.7 Å². The average Bonchev–Trinajstić information content (AvgIpc) is 1.80. The second-order valence-corrected chi connectivity index (χ2v) is 32.4. The van der Waals surface area contributed by atoms with Gasteiger partial charge in [-0.3, -0.25) is 32.3 Å². The largest absolute Gasteiger partial charge is 0.481 e. The molecule has 0 bridgehead atoms. The van der Waals surface area contributed by atoms with Gasteiger partial charge in [0.1, 0.15) is 0 Å². The molecule has 0 aromatic carbocycles. The Labute approximate surface area is 597 Å². The molecule has 97 heavy (non-hydrogen) atoms. The van der Waals surface area contributed by atoms with E-state index in [1.54, 1.807) is 13.8 Å². The van der Waals surface area contributed by atoms with Crippen molar-refractivity contribution in [3.05, 3.63) is 12.7 Å². The van der Waals surface area contributed by atoms with Gasteiger partial charge in [0.15, 0.2) is 11.8 Å². The molecule has 9 heterocycles. The minimum Gasteiger partial charge on any atom is -0.481 e. The molecule has 0 radical (unpaired) electrons. The maximum atomic E-state index is 11.8. The van der Waals surface area contributed by atoms with Crippen LogP contribution in [0.25, 0.3) is 0 Å². The lowest BCUT2D eigenvalue weighted by Crippen LogP contribution is -2.35. The van der Waals surface area contributed by atoms with Crippen LogP contribution in [0.5, 0.6) is 0 Å². The maximum absolute atomic E-state index is 11.8. The highest BCUT2D eigenvalue weighted by molar-refractivity contribution is 14.1. The summed E-state index contributed by atoms with van der Waals surface area (Å²) < 4.78 is 63.3. The van der Waals surface area contributed by atoms with Crippen LogP contribution in [0.1, 0.15) is 97.3 Å². The van der Waals surface area contributed by atoms with E-state index in [9.17, 15) is 40.8 Å². The van der Waals surface area contributed by atoms with Crippen molar-refractivity contribution in [3.8, 4) is 0 Å². The lowest BCUT2D eigenvalue weighted by molar-refractivity contribution is -0.164. The Balaban J connectivity index is 0.000000551. The third-order valence-corrected chi connectivity index (χ3v) is 20.3. The van der Waals surface area contributed by atoms with Crippen LogP contribution in [0, 0.1) is 53.3 Å². The molecule has 0 aromatic rings. The van der Waals surface area contributed by atoms with Gasteiger partial charge in [0.05, 0.1) is 44.5 Å². The van der Waals surface area contributed by atoms with Crippen molar-refractivity contribution in [2.24, 2.45) is 53.3 Å². The first kappa shape index (κ1) is 92.2. The highest BCUT2D eigenvalue weighted by Gasteiger charge is 2.41. The lowest BCUT2D eigenvalue weighted by Gasteiger charge is -2.19. The second kappa shape index (κ2) is 50.5. The van der Waals surface area contributed by atoms with Gasteiger partial charge in [0.25, 0.3) is 20.2 Å². The topological polar surface area (TPSA) is 321 Å². The van der Waals surface area contributed by atoms with Crippen LogP contribution in [0.2, 0.25) is 0 Å². The van der Waals surface area contributed by atoms with Crippen LogP contribution < -0.4 is 0 Å². The average molecular weight is 1540 g/mol. The van der Waals surface area contributed by atoms with E-state index in [0.29, 0.717) is 51.0 Å². The molecule has 30 heteroatoms. The van der Waals surface area contributed by atoms with Crippen molar-refractivity contribution < 1.29 is 84.2 Å². The lowest BCUT2D eigenvalue weighted by atomic mass is 9.91. The Kier molecular flexibility index (Phi) is 48.0. The predicted molar refractivity (Wildman–Crippen MR) is 388 cm³/mol. The summed E-state index contributed by atoms with van der Waals surface area (Å²) in [6.45, 7) is 26.7. The first-order valence-electron chi connectivity index (χ1n) is 34.9. The van der Waals surface area contributed by atoms with Gasteiger partial charge in [-0.1, -0.05) is 28.7 Å². The summed E-state index contributed by atoms with van der Waals surface area (Å²) in [4.78, 5) is 74.9. The molecule has 0 aliphatic carbocycles. The number of ether oxygens (including phenoxy) is 2. The molecule has 0 unspecified atom stereocenters. The number of hydrogen-bond acceptors (Lipinski definition) is 24. The number of carbonyl (C=O) groups is 5. The van der Waals surface area contributed by atoms with E-state index in [1.807, 2.05) is 40.1 Å². The van der Waals surface area contributed by atoms with Crippen molar-refractivity contribution in [2.75, 3.05) is 225 Å². The molecule has 9 atom stereocenters. The minimum absolute atomic E-state index is 0.0121. The molecule has 0 spiro atoms. The maximum Gasteiger partial charge on any atom is 0.320 e. The third-order valence-electron chi connectivity index (χ3n) is 18.5. The minimum atomic E-state index is -3.26. The fourth-order valence-electron chi connectivity index (χ4n) is 13.2. The molecule has 9 aliphatic rings. The van der Waals surface area contributed by atoms with Crippen LogP contribution in [0.4, 0.5) is 0 Å². The number of carboxylic acid groups (broad SMARTS) is 3. The number of aliphatic hydroxyl groups is 2. The molecular formula is C67H130IN9O18S2. The first-order valence-corrected chi connectivity index (χ1v) is 40.0. The van der Waals surface area contributed by atoms with Gasteiger partial charge in [0.2, 0.25) is 0 Å². The summed E-state index contributed by atoms with van der Waals surface area (Å²) in [5.74, 6) is -2.75. The Morgan fingerprint density at radius 3 is 1.16 bits per heavy atom. The smallest absolute Gasteiger partial charge is 0.320 e. The zero-order valence-corrected chi connectivity index (χ0v) is 65.1. The number of likely N-dealkylation sites (tertiary alicyclic amines) is 9. The van der Waals surface area contributed by atoms with E-state index in [0.717, 1.165) is 141 Å². The van der Waals surface area contributed by atoms with E-state index < -0.39 is 61.9 Å². The highest BCUT2D eigenvalue weighted by Crippen LogP contribution is 2.27. The van der Waals surface area contributed by atoms with Crippen molar-refractivity contribution in [2.45, 2.75) is 110 Å². The van der Waals surface area contributed by atoms with Crippen LogP contribution >= 0.6 is 22.6 Å². The highest BCUT2D eigenvalue weighted by atomic mass is 127. The Bertz CT molecular complexity index is 2380. The number of likely N-dealkylation sites (N-methyl/N-ethyl adjacent to an activating group) is 2. The molecule has 27 nitrogen and oxygen atoms in total. The predicted octanol–water partition coefficient (Wildman–Crippen LogP) is 3.68. The third kappa shape index (κ3) is 44.4. The number of aliphatic carboxylic acids is 3. The van der Waals surface area contributed by atoms with Crippen LogP contribution in [-0.2, 0) is 62.0 Å². The number of esters is 2. The Morgan fingerprint density at radius 2 is 0.876 bits per heavy atom. The monoisotopic (exact) mass is 1540 g/mol. The van der Waals surface area contributed by atoms with Gasteiger partial charge in [-0.05, 0) is 246 Å². The molecule has 9 saturated heterocycles. The zero-order chi connectivity index (χ0) is 73.4. The standard InChI is InChI=1S/C12H21NO4.C8H13NO4.C8H17NO3S.C7H14IN.C7H13NO2.C7H15NO.C7H13N.C6H13NO3S.C5H11NO/c1-4-16-11(14)10(12(15)17-5-2)9-6-7-13(3)8-9;1-9-3-2-5(4-9)6(7(10)11)8(12)13;1-9-5-3-8(7-9)4-6-12-13(2,10)11;1-9-5-3-7(6-9)2-4-8;1-8-3-2-6(5-8)4-7(9)10;1-8-4-2-7(6-8)3-5-9;1-3-7-4-5-8(2)6-7;1-7-4-3-6(5-7)10-11(2,8)9;1-6-3-2-5(7)4-6/h9-10H,4-8H2,1-3H3;5-6H,2-4H2,1H3,(H,10,11)(H,12,13);8H,3-7H2,1-2H3;7H,2-6H2,1H3;6H,2-5H2,1H3,(H,9,10);7,9H,2-6H2,1H3;3,7H,1,4-6H2,2H3;6H,3-5H2,1-2H3;5,7H,2-4H2,1H3/t9-;5-;8-;7-;6-;2*7-;6-;5-/m001011011/s1. The van der Waals surface area contributed by atoms with Crippen LogP contribution in [0.3, 0.4) is 0 Å². The van der Waals surface area contributed by atoms with Crippen molar-refractivity contribution in [1.29, 1.82) is 0 Å². The number of carboxylic acids is 3. The van der Waals surface area contributed by atoms with Crippen molar-refractivity contribution in [3.63, 3.8) is 0 Å². The van der Waals surface area contributed by atoms with Crippen LogP contribution in [-0.4, -0.2) is 353 Å². The quantitative estimate of drug-likeness (QED) is 0.0273. The number of alkyl halides is 1. The fourth-order valence-corrected chi connectivity index (χ4v) is 15.1. The Morgan fingerprint density at radius 1 is 0.495 bits per heavy atom. The molecule has 570 valence electrons. The number of hydrogen-bond donors (Lipinski definition) is 5. The van der Waals surface area contributed by atoms with E-state index in [1.165, 1.54) is 69.4 Å². The van der Waals surface area contributed by atoms with E-state index in [-0.39, 0.29) is 37.3 Å². The Hall–Kier alpha value is -2.80. The molecular weight excluding hydrogens is 1410 g/mol. The molecule has 0 saturated carbocycles. The zero-order valence-electron chi connectivity index (χ0n) is 61.4. The van der Waals surface area contributed by atoms with Gasteiger partial charge < -0.3 is 79.1 Å². The normalized spacial score (nSPS) is 26.6. The van der Waals surface area contributed by atoms with Gasteiger partial charge in [-0.25, -0.2) is 0 Å². The molecule has 9 fully saturated rings. The number of aliphatic hydroxyl groups excluding tert-OH is 2. The summed E-state index contributed by atoms with van der Waals surface area (Å²) in [5, 5.41) is 43.3. The summed E-state index contributed by atoms with van der Waals surface area (Å²) in [5.41, 5.74) is 0. The van der Waals surface area contributed by atoms with Gasteiger partial charge >= 0.3 is 29.8 Å². The van der Waals surface area contributed by atoms with Crippen molar-refractivity contribution >= 4 is 72.7 Å². The molecule has 0 amide bonds. The van der Waals surface area contributed by atoms with E-state index >= 15 is 0 Å². The van der Waals surface area contributed by atoms with Crippen molar-refractivity contribution in [1.82, 2.24) is 44.1 Å². The summed E-state index contributed by atoms with van der Waals surface area (Å²) in [7, 11) is 11.9. The van der Waals surface area contributed by atoms with Gasteiger partial charge in [-0.2, -0.15) is 16.8 Å². The number of halogens is 1. The number of rotatable bonds is 21. The molecule has 0 aromatic heterocycles. The van der Waals surface area contributed by atoms with Gasteiger partial charge in [0, 0.05) is 85.0 Å². The first-order chi connectivity index (χ1) is 45.5. The van der Waals surface area contributed by atoms with E-state index in [2.05, 4.69) is 107 Å². The number of β-amino-alcohol motifs (C(OH)–C–C–N with tert-alkyl or cyclic N) is 1. The molecule has 5 N–H and O–H groups in total. The molecule has 9 rings (SSSR count). The van der Waals surface area contributed by atoms with Gasteiger partial charge in [-0.15, -0.1) is 6.58 Å². The second-order valence-electron chi connectivity index (χ2n) is 28.1. The SMILES string of the molecule is C=C[C@H]1CCN(C)C1.CCOC(=O)C(C(=O)OCC)[C@H]1CCN(C)C1.CN1CC[C@@H](O)C1.CN1CC[C@@H](OS(C)(=O)=O)C1.CN1CC[C@H](C(C(=O)O)C(=O)O)C1.CN1CC[C@H](CC(=O)O)C1.CN1CC[C@H](CCI)C1.CN1CC[C@H](CCO)C1.CN1CC[C@H](CCOS(C)(=O)=O)C1. The number of nitrogens with zero attached hydrogens (tertiary/aromatic N) is 9.